The number of benzene rings is 2. The van der Waals surface area contributed by atoms with Crippen LogP contribution in [0.5, 0.6) is 0 Å². The van der Waals surface area contributed by atoms with Crippen LogP contribution in [0.15, 0.2) is 51.4 Å². The Bertz CT molecular complexity index is 1160. The molecule has 3 aromatic rings. The van der Waals surface area contributed by atoms with Crippen LogP contribution in [0.1, 0.15) is 69.4 Å². The molecule has 174 valence electrons. The van der Waals surface area contributed by atoms with E-state index in [1.807, 2.05) is 42.5 Å². The summed E-state index contributed by atoms with van der Waals surface area (Å²) >= 11 is 3.53. The Kier molecular flexibility index (Phi) is 5.52. The van der Waals surface area contributed by atoms with Crippen LogP contribution in [0.2, 0.25) is 0 Å². The number of carbonyl (C=O) groups is 1. The van der Waals surface area contributed by atoms with Gasteiger partial charge in [0.15, 0.2) is 5.58 Å². The van der Waals surface area contributed by atoms with Crippen molar-refractivity contribution in [3.8, 4) is 0 Å². The number of amides is 1. The fourth-order valence-corrected chi connectivity index (χ4v) is 5.80. The van der Waals surface area contributed by atoms with Gasteiger partial charge in [-0.15, -0.1) is 0 Å². The number of fused-ring (bicyclic) bond motifs is 4. The highest BCUT2D eigenvalue weighted by Crippen LogP contribution is 2.54. The molecular weight excluding hydrogens is 484 g/mol. The quantitative estimate of drug-likeness (QED) is 0.432. The van der Waals surface area contributed by atoms with Crippen LogP contribution in [-0.4, -0.2) is 21.7 Å². The first-order chi connectivity index (χ1) is 15.7. The number of halogens is 1. The number of carbonyl (C=O) groups excluding carboxylic acids is 1. The molecule has 33 heavy (non-hydrogen) atoms. The third-order valence-corrected chi connectivity index (χ3v) is 7.85. The average molecular weight is 513 g/mol. The number of oxazole rings is 1. The first-order valence-corrected chi connectivity index (χ1v) is 12.3. The summed E-state index contributed by atoms with van der Waals surface area (Å²) in [5.74, 6) is 0.751. The highest BCUT2D eigenvalue weighted by atomic mass is 79.9. The summed E-state index contributed by atoms with van der Waals surface area (Å²) in [6, 6.07) is 13.5. The van der Waals surface area contributed by atoms with Gasteiger partial charge in [-0.2, -0.15) is 0 Å². The normalized spacial score (nSPS) is 24.7. The number of aromatic nitrogens is 1. The third-order valence-electron chi connectivity index (χ3n) is 7.39. The molecule has 0 saturated heterocycles. The van der Waals surface area contributed by atoms with Crippen molar-refractivity contribution in [2.24, 2.45) is 0 Å². The Labute approximate surface area is 201 Å². The molecule has 7 heteroatoms. The second kappa shape index (κ2) is 8.13. The van der Waals surface area contributed by atoms with Crippen molar-refractivity contribution in [3.63, 3.8) is 0 Å². The van der Waals surface area contributed by atoms with E-state index in [4.69, 9.17) is 14.1 Å². The minimum absolute atomic E-state index is 0.125. The summed E-state index contributed by atoms with van der Waals surface area (Å²) in [4.78, 5) is 17.4. The first-order valence-electron chi connectivity index (χ1n) is 11.5. The lowest BCUT2D eigenvalue weighted by Crippen LogP contribution is -2.57. The van der Waals surface area contributed by atoms with Crippen molar-refractivity contribution in [2.45, 2.75) is 75.5 Å². The molecule has 3 fully saturated rings. The van der Waals surface area contributed by atoms with E-state index in [2.05, 4.69) is 21.2 Å². The molecule has 0 atom stereocenters. The summed E-state index contributed by atoms with van der Waals surface area (Å²) in [5.41, 5.74) is 1.74. The highest BCUT2D eigenvalue weighted by Gasteiger charge is 2.52. The number of alkyl carbamates (subject to hydrolysis) is 1. The zero-order chi connectivity index (χ0) is 23.3. The SMILES string of the molecule is CC(C)(O)c1cc(Br)cc2nc(C34CCC(NC(=O)OCc5ccccc5)(CC3)CC4)oc12. The van der Waals surface area contributed by atoms with Gasteiger partial charge in [0, 0.05) is 21.0 Å². The van der Waals surface area contributed by atoms with E-state index >= 15 is 0 Å². The molecule has 3 saturated carbocycles. The van der Waals surface area contributed by atoms with E-state index in [0.717, 1.165) is 65.5 Å². The summed E-state index contributed by atoms with van der Waals surface area (Å²) in [5, 5.41) is 13.8. The van der Waals surface area contributed by atoms with Crippen molar-refractivity contribution in [1.29, 1.82) is 0 Å². The lowest BCUT2D eigenvalue weighted by molar-refractivity contribution is 0.0515. The van der Waals surface area contributed by atoms with Crippen LogP contribution in [0.25, 0.3) is 11.1 Å². The van der Waals surface area contributed by atoms with Crippen molar-refractivity contribution < 1.29 is 19.1 Å². The predicted octanol–water partition coefficient (Wildman–Crippen LogP) is 6.09. The molecular formula is C26H29BrN2O4. The van der Waals surface area contributed by atoms with Crippen molar-refractivity contribution in [2.75, 3.05) is 0 Å². The zero-order valence-corrected chi connectivity index (χ0v) is 20.6. The Morgan fingerprint density at radius 2 is 1.82 bits per heavy atom. The predicted molar refractivity (Wildman–Crippen MR) is 129 cm³/mol. The monoisotopic (exact) mass is 512 g/mol. The van der Waals surface area contributed by atoms with Crippen molar-refractivity contribution in [1.82, 2.24) is 10.3 Å². The van der Waals surface area contributed by atoms with Crippen LogP contribution in [0.4, 0.5) is 4.79 Å². The van der Waals surface area contributed by atoms with Crippen LogP contribution < -0.4 is 5.32 Å². The second-order valence-corrected chi connectivity index (χ2v) is 11.0. The molecule has 1 aromatic heterocycles. The lowest BCUT2D eigenvalue weighted by atomic mass is 9.57. The number of rotatable bonds is 5. The van der Waals surface area contributed by atoms with Gasteiger partial charge in [-0.05, 0) is 70.1 Å². The van der Waals surface area contributed by atoms with E-state index in [0.29, 0.717) is 5.58 Å². The molecule has 6 rings (SSSR count). The Balaban J connectivity index is 1.30. The maximum atomic E-state index is 12.5. The van der Waals surface area contributed by atoms with Gasteiger partial charge < -0.3 is 19.6 Å². The fourth-order valence-electron chi connectivity index (χ4n) is 5.35. The Morgan fingerprint density at radius 1 is 1.15 bits per heavy atom. The molecule has 0 aliphatic heterocycles. The van der Waals surface area contributed by atoms with E-state index in [9.17, 15) is 9.90 Å². The van der Waals surface area contributed by atoms with Crippen LogP contribution in [0.3, 0.4) is 0 Å². The van der Waals surface area contributed by atoms with Gasteiger partial charge >= 0.3 is 6.09 Å². The van der Waals surface area contributed by atoms with E-state index < -0.39 is 5.60 Å². The molecule has 6 nitrogen and oxygen atoms in total. The largest absolute Gasteiger partial charge is 0.445 e. The van der Waals surface area contributed by atoms with Gasteiger partial charge in [0.1, 0.15) is 12.1 Å². The van der Waals surface area contributed by atoms with Gasteiger partial charge in [0.2, 0.25) is 5.89 Å². The maximum Gasteiger partial charge on any atom is 0.407 e. The summed E-state index contributed by atoms with van der Waals surface area (Å²) < 4.78 is 12.7. The summed E-state index contributed by atoms with van der Waals surface area (Å²) in [6.07, 6.45) is 4.96. The number of hydrogen-bond donors (Lipinski definition) is 2. The number of ether oxygens (including phenoxy) is 1. The van der Waals surface area contributed by atoms with Crippen LogP contribution >= 0.6 is 15.9 Å². The summed E-state index contributed by atoms with van der Waals surface area (Å²) in [7, 11) is 0. The van der Waals surface area contributed by atoms with Crippen molar-refractivity contribution in [3.05, 3.63) is 64.0 Å². The zero-order valence-electron chi connectivity index (χ0n) is 19.0. The first kappa shape index (κ1) is 22.4. The molecule has 0 radical (unpaired) electrons. The van der Waals surface area contributed by atoms with Gasteiger partial charge in [0.05, 0.1) is 5.60 Å². The van der Waals surface area contributed by atoms with E-state index in [1.165, 1.54) is 0 Å². The molecule has 2 N–H and O–H groups in total. The molecule has 1 amide bonds. The maximum absolute atomic E-state index is 12.5. The molecule has 0 spiro atoms. The van der Waals surface area contributed by atoms with Gasteiger partial charge in [-0.1, -0.05) is 46.3 Å². The standard InChI is InChI=1S/C26H29BrN2O4/c1-24(2,31)19-14-18(27)15-20-21(19)33-22(28-20)25-8-11-26(12-9-25,13-10-25)29-23(30)32-16-17-6-4-3-5-7-17/h3-7,14-15,31H,8-13,16H2,1-2H3,(H,29,30). The van der Waals surface area contributed by atoms with Gasteiger partial charge in [0.25, 0.3) is 0 Å². The molecule has 2 bridgehead atoms. The highest BCUT2D eigenvalue weighted by molar-refractivity contribution is 9.10. The average Bonchev–Trinajstić information content (AvgIpc) is 3.23. The Morgan fingerprint density at radius 3 is 2.45 bits per heavy atom. The Hall–Kier alpha value is -2.38. The van der Waals surface area contributed by atoms with Crippen molar-refractivity contribution >= 4 is 33.1 Å². The number of nitrogens with one attached hydrogen (secondary N) is 1. The van der Waals surface area contributed by atoms with Gasteiger partial charge in [-0.3, -0.25) is 0 Å². The topological polar surface area (TPSA) is 84.6 Å². The molecule has 3 aliphatic carbocycles. The number of aliphatic hydroxyl groups is 1. The summed E-state index contributed by atoms with van der Waals surface area (Å²) in [6.45, 7) is 3.79. The van der Waals surface area contributed by atoms with Crippen LogP contribution in [-0.2, 0) is 22.4 Å². The lowest BCUT2D eigenvalue weighted by Gasteiger charge is -2.51. The van der Waals surface area contributed by atoms with Crippen LogP contribution in [0, 0.1) is 0 Å². The number of nitrogens with zero attached hydrogens (tertiary/aromatic N) is 1. The minimum Gasteiger partial charge on any atom is -0.445 e. The number of hydrogen-bond acceptors (Lipinski definition) is 5. The van der Waals surface area contributed by atoms with E-state index in [1.54, 1.807) is 13.8 Å². The fraction of sp³-hybridized carbons (Fsp3) is 0.462. The molecule has 1 heterocycles. The molecule has 0 unspecified atom stereocenters. The minimum atomic E-state index is -1.03. The van der Waals surface area contributed by atoms with E-state index in [-0.39, 0.29) is 23.7 Å². The smallest absolute Gasteiger partial charge is 0.407 e. The third kappa shape index (κ3) is 4.28. The van der Waals surface area contributed by atoms with Gasteiger partial charge in [-0.25, -0.2) is 9.78 Å². The molecule has 2 aromatic carbocycles. The molecule has 3 aliphatic rings. The second-order valence-electron chi connectivity index (χ2n) is 10.1.